The highest BCUT2D eigenvalue weighted by atomic mass is 16.2. The maximum Gasteiger partial charge on any atom is 0.255 e. The van der Waals surface area contributed by atoms with Gasteiger partial charge in [0.15, 0.2) is 0 Å². The lowest BCUT2D eigenvalue weighted by molar-refractivity contribution is -0.136. The number of aromatic amines is 1. The molecule has 5 N–H and O–H groups in total. The summed E-state index contributed by atoms with van der Waals surface area (Å²) >= 11 is 0. The van der Waals surface area contributed by atoms with E-state index in [0.29, 0.717) is 31.6 Å². The van der Waals surface area contributed by atoms with Crippen LogP contribution in [-0.2, 0) is 29.1 Å². The summed E-state index contributed by atoms with van der Waals surface area (Å²) < 4.78 is 0. The molecule has 0 bridgehead atoms. The first kappa shape index (κ1) is 18.2. The number of carbonyl (C=O) groups excluding carboxylic acids is 3. The number of fused-ring (bicyclic) bond motifs is 1. The van der Waals surface area contributed by atoms with Gasteiger partial charge in [0, 0.05) is 43.3 Å². The molecule has 1 atom stereocenters. The van der Waals surface area contributed by atoms with Crippen LogP contribution in [0, 0.1) is 0 Å². The molecule has 9 nitrogen and oxygen atoms in total. The Morgan fingerprint density at radius 1 is 1.25 bits per heavy atom. The number of amides is 3. The number of rotatable bonds is 6. The van der Waals surface area contributed by atoms with Crippen molar-refractivity contribution in [3.05, 3.63) is 46.6 Å². The predicted octanol–water partition coefficient (Wildman–Crippen LogP) is 0.284. The normalized spacial score (nSPS) is 19.0. The van der Waals surface area contributed by atoms with Crippen LogP contribution >= 0.6 is 0 Å². The number of piperidine rings is 1. The van der Waals surface area contributed by atoms with Crippen molar-refractivity contribution in [2.45, 2.75) is 38.4 Å². The van der Waals surface area contributed by atoms with E-state index in [1.54, 1.807) is 11.0 Å². The fourth-order valence-electron chi connectivity index (χ4n) is 3.67. The Bertz CT molecular complexity index is 938. The molecule has 1 aromatic carbocycles. The minimum Gasteiger partial charge on any atom is -0.365 e. The lowest BCUT2D eigenvalue weighted by Gasteiger charge is -2.29. The van der Waals surface area contributed by atoms with Crippen molar-refractivity contribution >= 4 is 23.5 Å². The van der Waals surface area contributed by atoms with Gasteiger partial charge in [-0.25, -0.2) is 0 Å². The number of benzene rings is 1. The minimum absolute atomic E-state index is 0.164. The Hall–Kier alpha value is -3.20. The second-order valence-corrected chi connectivity index (χ2v) is 7.06. The number of hydrogen-bond acceptors (Lipinski definition) is 6. The smallest absolute Gasteiger partial charge is 0.255 e. The molecule has 146 valence electrons. The number of nitrogens with one attached hydrogen (secondary N) is 3. The number of aromatic nitrogens is 2. The number of nitrogens with two attached hydrogens (primary N) is 1. The van der Waals surface area contributed by atoms with Crippen molar-refractivity contribution in [3.63, 3.8) is 0 Å². The third-order valence-corrected chi connectivity index (χ3v) is 5.11. The molecule has 3 amide bonds. The highest BCUT2D eigenvalue weighted by Crippen LogP contribution is 2.28. The summed E-state index contributed by atoms with van der Waals surface area (Å²) in [6.45, 7) is 1.49. The monoisotopic (exact) mass is 382 g/mol. The van der Waals surface area contributed by atoms with Gasteiger partial charge in [0.05, 0.1) is 0 Å². The van der Waals surface area contributed by atoms with Gasteiger partial charge in [-0.05, 0) is 30.2 Å². The van der Waals surface area contributed by atoms with Crippen molar-refractivity contribution in [1.82, 2.24) is 20.4 Å². The first-order chi connectivity index (χ1) is 13.5. The molecule has 28 heavy (non-hydrogen) atoms. The molecule has 0 radical (unpaired) electrons. The second kappa shape index (κ2) is 7.43. The fraction of sp³-hybridized carbons (Fsp3) is 0.368. The minimum atomic E-state index is -0.593. The quantitative estimate of drug-likeness (QED) is 0.531. The second-order valence-electron chi connectivity index (χ2n) is 7.06. The summed E-state index contributed by atoms with van der Waals surface area (Å²) in [6, 6.07) is 6.99. The SMILES string of the molecule is NCCc1cc(NCc2ccc3c(c2)CN(C2CCC(=O)NC2=O)C3=O)n[nH]1. The highest BCUT2D eigenvalue weighted by Gasteiger charge is 2.38. The lowest BCUT2D eigenvalue weighted by Crippen LogP contribution is -2.52. The Morgan fingerprint density at radius 3 is 2.89 bits per heavy atom. The first-order valence-corrected chi connectivity index (χ1v) is 9.30. The molecule has 1 unspecified atom stereocenters. The number of hydrogen-bond donors (Lipinski definition) is 4. The van der Waals surface area contributed by atoms with E-state index >= 15 is 0 Å². The van der Waals surface area contributed by atoms with Crippen LogP contribution < -0.4 is 16.4 Å². The van der Waals surface area contributed by atoms with E-state index < -0.39 is 11.9 Å². The average Bonchev–Trinajstić information content (AvgIpc) is 3.25. The summed E-state index contributed by atoms with van der Waals surface area (Å²) in [5.74, 6) is -0.106. The van der Waals surface area contributed by atoms with E-state index in [-0.39, 0.29) is 18.2 Å². The Labute approximate surface area is 161 Å². The van der Waals surface area contributed by atoms with Gasteiger partial charge >= 0.3 is 0 Å². The van der Waals surface area contributed by atoms with Crippen LogP contribution in [0.1, 0.15) is 40.0 Å². The molecular formula is C19H22N6O3. The molecule has 0 aliphatic carbocycles. The molecule has 4 rings (SSSR count). The van der Waals surface area contributed by atoms with Crippen LogP contribution in [0.3, 0.4) is 0 Å². The fourth-order valence-corrected chi connectivity index (χ4v) is 3.67. The van der Waals surface area contributed by atoms with E-state index in [1.807, 2.05) is 18.2 Å². The summed E-state index contributed by atoms with van der Waals surface area (Å²) in [7, 11) is 0. The number of carbonyl (C=O) groups is 3. The molecule has 3 heterocycles. The zero-order valence-electron chi connectivity index (χ0n) is 15.3. The van der Waals surface area contributed by atoms with E-state index in [4.69, 9.17) is 5.73 Å². The summed E-state index contributed by atoms with van der Waals surface area (Å²) in [5, 5.41) is 12.7. The summed E-state index contributed by atoms with van der Waals surface area (Å²) in [4.78, 5) is 37.7. The Kier molecular flexibility index (Phi) is 4.82. The van der Waals surface area contributed by atoms with Gasteiger partial charge in [-0.3, -0.25) is 24.8 Å². The number of nitrogens with zero attached hydrogens (tertiary/aromatic N) is 2. The van der Waals surface area contributed by atoms with Crippen LogP contribution in [0.25, 0.3) is 0 Å². The molecule has 1 aromatic heterocycles. The molecule has 2 aromatic rings. The van der Waals surface area contributed by atoms with Gasteiger partial charge in [-0.2, -0.15) is 5.10 Å². The summed E-state index contributed by atoms with van der Waals surface area (Å²) in [6.07, 6.45) is 1.36. The van der Waals surface area contributed by atoms with Crippen molar-refractivity contribution in [1.29, 1.82) is 0 Å². The zero-order valence-corrected chi connectivity index (χ0v) is 15.3. The van der Waals surface area contributed by atoms with Crippen LogP contribution in [0.15, 0.2) is 24.3 Å². The topological polar surface area (TPSA) is 133 Å². The van der Waals surface area contributed by atoms with Gasteiger partial charge in [0.1, 0.15) is 11.9 Å². The highest BCUT2D eigenvalue weighted by molar-refractivity contribution is 6.05. The largest absolute Gasteiger partial charge is 0.365 e. The van der Waals surface area contributed by atoms with Gasteiger partial charge in [-0.1, -0.05) is 12.1 Å². The average molecular weight is 382 g/mol. The molecule has 0 spiro atoms. The molecule has 0 saturated carbocycles. The van der Waals surface area contributed by atoms with E-state index in [9.17, 15) is 14.4 Å². The van der Waals surface area contributed by atoms with Crippen LogP contribution in [0.2, 0.25) is 0 Å². The zero-order chi connectivity index (χ0) is 19.7. The maximum absolute atomic E-state index is 12.7. The van der Waals surface area contributed by atoms with E-state index in [2.05, 4.69) is 20.8 Å². The van der Waals surface area contributed by atoms with Crippen molar-refractivity contribution in [2.24, 2.45) is 5.73 Å². The molecule has 2 aliphatic heterocycles. The van der Waals surface area contributed by atoms with Gasteiger partial charge in [0.25, 0.3) is 5.91 Å². The van der Waals surface area contributed by atoms with Crippen molar-refractivity contribution < 1.29 is 14.4 Å². The number of anilines is 1. The van der Waals surface area contributed by atoms with Gasteiger partial charge < -0.3 is 16.0 Å². The molecule has 1 saturated heterocycles. The lowest BCUT2D eigenvalue weighted by atomic mass is 10.0. The van der Waals surface area contributed by atoms with Gasteiger partial charge in [-0.15, -0.1) is 0 Å². The summed E-state index contributed by atoms with van der Waals surface area (Å²) in [5.41, 5.74) is 9.03. The number of H-pyrrole nitrogens is 1. The first-order valence-electron chi connectivity index (χ1n) is 9.30. The standard InChI is InChI=1S/C19H22N6O3/c20-6-5-13-8-16(24-23-13)21-9-11-1-2-14-12(7-11)10-25(19(14)28)15-3-4-17(26)22-18(15)27/h1-2,7-8,15H,3-6,9-10,20H2,(H2,21,23,24)(H,22,26,27). The van der Waals surface area contributed by atoms with Crippen LogP contribution in [0.5, 0.6) is 0 Å². The van der Waals surface area contributed by atoms with E-state index in [0.717, 1.165) is 29.1 Å². The van der Waals surface area contributed by atoms with Crippen molar-refractivity contribution in [2.75, 3.05) is 11.9 Å². The van der Waals surface area contributed by atoms with E-state index in [1.165, 1.54) is 0 Å². The molecule has 2 aliphatic rings. The Morgan fingerprint density at radius 2 is 2.11 bits per heavy atom. The van der Waals surface area contributed by atoms with Crippen LogP contribution in [-0.4, -0.2) is 45.4 Å². The number of imide groups is 1. The third kappa shape index (κ3) is 3.48. The Balaban J connectivity index is 1.43. The molecule has 1 fully saturated rings. The van der Waals surface area contributed by atoms with Crippen molar-refractivity contribution in [3.8, 4) is 0 Å². The van der Waals surface area contributed by atoms with Gasteiger partial charge in [0.2, 0.25) is 11.8 Å². The predicted molar refractivity (Wildman–Crippen MR) is 101 cm³/mol. The maximum atomic E-state index is 12.7. The van der Waals surface area contributed by atoms with Crippen LogP contribution in [0.4, 0.5) is 5.82 Å². The third-order valence-electron chi connectivity index (χ3n) is 5.11. The molecule has 9 heteroatoms. The molecular weight excluding hydrogens is 360 g/mol.